The maximum absolute atomic E-state index is 13.4. The lowest BCUT2D eigenvalue weighted by Crippen LogP contribution is -2.30. The molecular formula is C23H16F3NO3S. The Balaban J connectivity index is 1.83. The van der Waals surface area contributed by atoms with E-state index in [0.29, 0.717) is 21.7 Å². The van der Waals surface area contributed by atoms with Crippen LogP contribution in [0.2, 0.25) is 0 Å². The van der Waals surface area contributed by atoms with Gasteiger partial charge in [0.25, 0.3) is 5.91 Å². The fourth-order valence-electron chi connectivity index (χ4n) is 3.35. The van der Waals surface area contributed by atoms with Crippen molar-refractivity contribution in [3.8, 4) is 0 Å². The molecule has 8 heteroatoms. The monoisotopic (exact) mass is 443 g/mol. The SMILES string of the molecule is COC(=O)c1ccc2c(c1)N(Cc1cccc(C(F)(F)F)c1)C(=O)c1ccccc1S2. The molecule has 1 heterocycles. The van der Waals surface area contributed by atoms with Gasteiger partial charge in [0, 0.05) is 9.79 Å². The first-order valence-corrected chi connectivity index (χ1v) is 10.1. The second kappa shape index (κ2) is 8.11. The number of nitrogens with zero attached hydrogens (tertiary/aromatic N) is 1. The van der Waals surface area contributed by atoms with Gasteiger partial charge < -0.3 is 9.64 Å². The number of benzene rings is 3. The van der Waals surface area contributed by atoms with Gasteiger partial charge in [-0.3, -0.25) is 4.79 Å². The first-order valence-electron chi connectivity index (χ1n) is 9.25. The normalized spacial score (nSPS) is 13.3. The van der Waals surface area contributed by atoms with Gasteiger partial charge in [-0.25, -0.2) is 4.79 Å². The quantitative estimate of drug-likeness (QED) is 0.480. The summed E-state index contributed by atoms with van der Waals surface area (Å²) in [5, 5.41) is 0. The van der Waals surface area contributed by atoms with E-state index >= 15 is 0 Å². The summed E-state index contributed by atoms with van der Waals surface area (Å²) in [5.74, 6) is -0.928. The molecule has 3 aromatic rings. The number of rotatable bonds is 3. The molecular weight excluding hydrogens is 427 g/mol. The molecule has 1 aliphatic rings. The molecule has 0 bridgehead atoms. The summed E-state index contributed by atoms with van der Waals surface area (Å²) in [6.07, 6.45) is -4.49. The molecule has 31 heavy (non-hydrogen) atoms. The predicted molar refractivity (Wildman–Crippen MR) is 110 cm³/mol. The van der Waals surface area contributed by atoms with E-state index in [2.05, 4.69) is 0 Å². The van der Waals surface area contributed by atoms with Crippen molar-refractivity contribution < 1.29 is 27.5 Å². The number of amides is 1. The summed E-state index contributed by atoms with van der Waals surface area (Å²) in [4.78, 5) is 28.3. The van der Waals surface area contributed by atoms with Crippen molar-refractivity contribution in [1.82, 2.24) is 0 Å². The highest BCUT2D eigenvalue weighted by Crippen LogP contribution is 2.42. The van der Waals surface area contributed by atoms with Gasteiger partial charge in [0.05, 0.1) is 36.0 Å². The number of hydrogen-bond donors (Lipinski definition) is 0. The van der Waals surface area contributed by atoms with Crippen LogP contribution in [0.5, 0.6) is 0 Å². The number of carbonyl (C=O) groups excluding carboxylic acids is 2. The van der Waals surface area contributed by atoms with E-state index < -0.39 is 17.7 Å². The Morgan fingerprint density at radius 1 is 1.00 bits per heavy atom. The average Bonchev–Trinajstić information content (AvgIpc) is 2.87. The standard InChI is InChI=1S/C23H16F3NO3S/c1-30-22(29)15-9-10-20-18(12-15)27(21(28)17-7-2-3-8-19(17)31-20)13-14-5-4-6-16(11-14)23(24,25)26/h2-12H,13H2,1H3. The lowest BCUT2D eigenvalue weighted by Gasteiger charge is -2.24. The summed E-state index contributed by atoms with van der Waals surface area (Å²) in [5.41, 5.74) is 0.656. The number of halogens is 3. The molecule has 0 spiro atoms. The first-order chi connectivity index (χ1) is 14.8. The van der Waals surface area contributed by atoms with E-state index in [9.17, 15) is 22.8 Å². The van der Waals surface area contributed by atoms with E-state index in [-0.39, 0.29) is 18.0 Å². The highest BCUT2D eigenvalue weighted by Gasteiger charge is 2.32. The molecule has 1 aliphatic heterocycles. The molecule has 0 atom stereocenters. The molecule has 4 nitrogen and oxygen atoms in total. The van der Waals surface area contributed by atoms with Crippen molar-refractivity contribution in [2.45, 2.75) is 22.5 Å². The van der Waals surface area contributed by atoms with E-state index in [0.717, 1.165) is 17.0 Å². The maximum atomic E-state index is 13.4. The number of fused-ring (bicyclic) bond motifs is 2. The van der Waals surface area contributed by atoms with Gasteiger partial charge in [0.1, 0.15) is 0 Å². The van der Waals surface area contributed by atoms with Crippen LogP contribution in [0.15, 0.2) is 76.5 Å². The molecule has 1 amide bonds. The van der Waals surface area contributed by atoms with Gasteiger partial charge in [0.2, 0.25) is 0 Å². The first kappa shape index (κ1) is 21.0. The van der Waals surface area contributed by atoms with E-state index in [1.165, 1.54) is 42.0 Å². The lowest BCUT2D eigenvalue weighted by molar-refractivity contribution is -0.137. The minimum absolute atomic E-state index is 0.0880. The van der Waals surface area contributed by atoms with Crippen LogP contribution in [-0.2, 0) is 17.5 Å². The Bertz CT molecular complexity index is 1180. The summed E-state index contributed by atoms with van der Waals surface area (Å²) in [6, 6.07) is 16.7. The molecule has 0 saturated heterocycles. The molecule has 0 N–H and O–H groups in total. The van der Waals surface area contributed by atoms with Gasteiger partial charge in [-0.1, -0.05) is 36.0 Å². The highest BCUT2D eigenvalue weighted by atomic mass is 32.2. The van der Waals surface area contributed by atoms with Gasteiger partial charge in [-0.2, -0.15) is 13.2 Å². The van der Waals surface area contributed by atoms with Crippen LogP contribution in [0.4, 0.5) is 18.9 Å². The zero-order valence-corrected chi connectivity index (χ0v) is 17.1. The Hall–Kier alpha value is -3.26. The zero-order chi connectivity index (χ0) is 22.2. The Labute approximate surface area is 180 Å². The molecule has 0 fully saturated rings. The minimum Gasteiger partial charge on any atom is -0.465 e. The average molecular weight is 443 g/mol. The molecule has 0 unspecified atom stereocenters. The highest BCUT2D eigenvalue weighted by molar-refractivity contribution is 7.99. The maximum Gasteiger partial charge on any atom is 0.416 e. The number of anilines is 1. The fourth-order valence-corrected chi connectivity index (χ4v) is 4.41. The number of methoxy groups -OCH3 is 1. The van der Waals surface area contributed by atoms with Crippen molar-refractivity contribution >= 4 is 29.3 Å². The largest absolute Gasteiger partial charge is 0.465 e. The van der Waals surface area contributed by atoms with Crippen molar-refractivity contribution in [3.63, 3.8) is 0 Å². The van der Waals surface area contributed by atoms with Crippen molar-refractivity contribution in [1.29, 1.82) is 0 Å². The Morgan fingerprint density at radius 2 is 1.77 bits per heavy atom. The smallest absolute Gasteiger partial charge is 0.416 e. The van der Waals surface area contributed by atoms with E-state index in [4.69, 9.17) is 4.74 Å². The fraction of sp³-hybridized carbons (Fsp3) is 0.130. The third kappa shape index (κ3) is 4.16. The van der Waals surface area contributed by atoms with Crippen molar-refractivity contribution in [2.75, 3.05) is 12.0 Å². The van der Waals surface area contributed by atoms with Crippen LogP contribution in [0, 0.1) is 0 Å². The van der Waals surface area contributed by atoms with Crippen LogP contribution < -0.4 is 4.90 Å². The molecule has 3 aromatic carbocycles. The summed E-state index contributed by atoms with van der Waals surface area (Å²) in [6.45, 7) is -0.0880. The predicted octanol–water partition coefficient (Wildman–Crippen LogP) is 5.80. The van der Waals surface area contributed by atoms with Crippen LogP contribution in [0.3, 0.4) is 0 Å². The summed E-state index contributed by atoms with van der Waals surface area (Å²) in [7, 11) is 1.25. The molecule has 4 rings (SSSR count). The van der Waals surface area contributed by atoms with Crippen molar-refractivity contribution in [3.05, 3.63) is 89.0 Å². The second-order valence-corrected chi connectivity index (χ2v) is 7.95. The molecule has 0 aromatic heterocycles. The molecule has 0 aliphatic carbocycles. The number of alkyl halides is 3. The van der Waals surface area contributed by atoms with Crippen molar-refractivity contribution in [2.24, 2.45) is 0 Å². The van der Waals surface area contributed by atoms with E-state index in [1.807, 2.05) is 12.1 Å². The zero-order valence-electron chi connectivity index (χ0n) is 16.3. The molecule has 0 radical (unpaired) electrons. The van der Waals surface area contributed by atoms with Gasteiger partial charge in [-0.15, -0.1) is 0 Å². The second-order valence-electron chi connectivity index (χ2n) is 6.86. The number of ether oxygens (including phenoxy) is 1. The van der Waals surface area contributed by atoms with Gasteiger partial charge >= 0.3 is 12.1 Å². The molecule has 158 valence electrons. The van der Waals surface area contributed by atoms with Crippen LogP contribution in [0.25, 0.3) is 0 Å². The number of carbonyl (C=O) groups is 2. The Kier molecular flexibility index (Phi) is 5.49. The Morgan fingerprint density at radius 3 is 2.52 bits per heavy atom. The lowest BCUT2D eigenvalue weighted by atomic mass is 10.1. The van der Waals surface area contributed by atoms with Crippen LogP contribution >= 0.6 is 11.8 Å². The van der Waals surface area contributed by atoms with Gasteiger partial charge in [-0.05, 0) is 48.0 Å². The summed E-state index contributed by atoms with van der Waals surface area (Å²) >= 11 is 1.36. The number of esters is 1. The third-order valence-corrected chi connectivity index (χ3v) is 5.99. The number of hydrogen-bond acceptors (Lipinski definition) is 4. The minimum atomic E-state index is -4.49. The van der Waals surface area contributed by atoms with Gasteiger partial charge in [0.15, 0.2) is 0 Å². The van der Waals surface area contributed by atoms with Crippen LogP contribution in [0.1, 0.15) is 31.8 Å². The third-order valence-electron chi connectivity index (χ3n) is 4.85. The van der Waals surface area contributed by atoms with E-state index in [1.54, 1.807) is 24.3 Å². The molecule has 0 saturated carbocycles. The summed E-state index contributed by atoms with van der Waals surface area (Å²) < 4.78 is 44.3. The van der Waals surface area contributed by atoms with Crippen LogP contribution in [-0.4, -0.2) is 19.0 Å². The topological polar surface area (TPSA) is 46.6 Å².